The minimum Gasteiger partial charge on any atom is -0.452 e. The van der Waals surface area contributed by atoms with Crippen molar-refractivity contribution in [1.82, 2.24) is 5.32 Å². The normalized spacial score (nSPS) is 13.4. The van der Waals surface area contributed by atoms with E-state index in [0.717, 1.165) is 19.3 Å². The molecule has 0 heterocycles. The maximum Gasteiger partial charge on any atom is 0.340 e. The van der Waals surface area contributed by atoms with Crippen LogP contribution in [0.4, 0.5) is 5.69 Å². The second-order valence-corrected chi connectivity index (χ2v) is 8.52. The van der Waals surface area contributed by atoms with Crippen molar-refractivity contribution < 1.29 is 23.9 Å². The van der Waals surface area contributed by atoms with Crippen LogP contribution in [0, 0.1) is 5.92 Å². The highest BCUT2D eigenvalue weighted by molar-refractivity contribution is 6.30. The predicted octanol–water partition coefficient (Wildman–Crippen LogP) is 3.53. The zero-order valence-electron chi connectivity index (χ0n) is 18.6. The average molecular weight is 437 g/mol. The smallest absolute Gasteiger partial charge is 0.340 e. The first kappa shape index (κ1) is 23.2. The number of benzene rings is 2. The van der Waals surface area contributed by atoms with Crippen molar-refractivity contribution in [3.8, 4) is 0 Å². The Kier molecular flexibility index (Phi) is 7.08. The highest BCUT2D eigenvalue weighted by Crippen LogP contribution is 2.32. The monoisotopic (exact) mass is 436 g/mol. The number of anilines is 1. The predicted molar refractivity (Wildman–Crippen MR) is 121 cm³/mol. The van der Waals surface area contributed by atoms with E-state index in [2.05, 4.69) is 19.2 Å². The quantitative estimate of drug-likeness (QED) is 0.412. The summed E-state index contributed by atoms with van der Waals surface area (Å²) in [5.41, 5.74) is 6.62. The Morgan fingerprint density at radius 2 is 1.59 bits per heavy atom. The Morgan fingerprint density at radius 1 is 0.938 bits per heavy atom. The largest absolute Gasteiger partial charge is 0.452 e. The van der Waals surface area contributed by atoms with Crippen LogP contribution in [0.1, 0.15) is 82.2 Å². The fourth-order valence-corrected chi connectivity index (χ4v) is 3.82. The summed E-state index contributed by atoms with van der Waals surface area (Å²) in [4.78, 5) is 50.3. The molecule has 2 aromatic carbocycles. The molecule has 1 unspecified atom stereocenters. The van der Waals surface area contributed by atoms with Gasteiger partial charge >= 0.3 is 5.97 Å². The first-order chi connectivity index (χ1) is 15.2. The minimum absolute atomic E-state index is 0.00798. The Hall–Kier alpha value is -3.48. The van der Waals surface area contributed by atoms with Gasteiger partial charge in [-0.2, -0.15) is 0 Å². The highest BCUT2D eigenvalue weighted by atomic mass is 16.5. The lowest BCUT2D eigenvalue weighted by Gasteiger charge is -2.20. The molecule has 1 aliphatic carbocycles. The van der Waals surface area contributed by atoms with E-state index in [1.165, 1.54) is 12.1 Å². The van der Waals surface area contributed by atoms with E-state index in [1.54, 1.807) is 24.3 Å². The zero-order chi connectivity index (χ0) is 23.4. The lowest BCUT2D eigenvalue weighted by molar-refractivity contribution is -0.124. The molecule has 2 aromatic rings. The van der Waals surface area contributed by atoms with E-state index in [4.69, 9.17) is 10.5 Å². The Balaban J connectivity index is 1.67. The fourth-order valence-electron chi connectivity index (χ4n) is 3.82. The van der Waals surface area contributed by atoms with E-state index >= 15 is 0 Å². The third kappa shape index (κ3) is 4.88. The number of fused-ring (bicyclic) bond motifs is 2. The standard InChI is InChI=1S/C25H28N2O5/c1-14(2)7-6-8-15(3)27-20(28)13-32-25(31)19-12-11-18-21(22(19)26)24(30)17-10-5-4-9-16(17)23(18)29/h4-5,9-12,14-15H,6-8,13,26H2,1-3H3,(H,27,28). The number of ketones is 2. The molecule has 0 saturated heterocycles. The van der Waals surface area contributed by atoms with E-state index < -0.39 is 24.3 Å². The molecule has 7 heteroatoms. The van der Waals surface area contributed by atoms with Gasteiger partial charge in [-0.15, -0.1) is 0 Å². The van der Waals surface area contributed by atoms with Crippen LogP contribution in [0.5, 0.6) is 0 Å². The van der Waals surface area contributed by atoms with Gasteiger partial charge in [0.05, 0.1) is 16.8 Å². The van der Waals surface area contributed by atoms with Crippen LogP contribution in [0.3, 0.4) is 0 Å². The van der Waals surface area contributed by atoms with Gasteiger partial charge < -0.3 is 15.8 Å². The van der Waals surface area contributed by atoms with Gasteiger partial charge in [0, 0.05) is 22.7 Å². The molecule has 0 aromatic heterocycles. The first-order valence-electron chi connectivity index (χ1n) is 10.8. The number of amides is 1. The molecule has 0 aliphatic heterocycles. The molecular weight excluding hydrogens is 408 g/mol. The van der Waals surface area contributed by atoms with Crippen molar-refractivity contribution in [2.24, 2.45) is 5.92 Å². The third-order valence-electron chi connectivity index (χ3n) is 5.51. The van der Waals surface area contributed by atoms with Gasteiger partial charge in [0.15, 0.2) is 18.2 Å². The second-order valence-electron chi connectivity index (χ2n) is 8.52. The molecule has 3 rings (SSSR count). The fraction of sp³-hybridized carbons (Fsp3) is 0.360. The number of hydrogen-bond acceptors (Lipinski definition) is 6. The van der Waals surface area contributed by atoms with Crippen LogP contribution in [0.2, 0.25) is 0 Å². The topological polar surface area (TPSA) is 116 Å². The van der Waals surface area contributed by atoms with E-state index in [1.807, 2.05) is 6.92 Å². The number of ether oxygens (including phenoxy) is 1. The molecular formula is C25H28N2O5. The summed E-state index contributed by atoms with van der Waals surface area (Å²) in [5.74, 6) is -1.38. The van der Waals surface area contributed by atoms with Gasteiger partial charge in [0.1, 0.15) is 0 Å². The summed E-state index contributed by atoms with van der Waals surface area (Å²) in [5, 5.41) is 2.80. The molecule has 1 aliphatic rings. The van der Waals surface area contributed by atoms with Gasteiger partial charge in [0.25, 0.3) is 5.91 Å². The van der Waals surface area contributed by atoms with Gasteiger partial charge in [-0.3, -0.25) is 14.4 Å². The minimum atomic E-state index is -0.827. The first-order valence-corrected chi connectivity index (χ1v) is 10.8. The van der Waals surface area contributed by atoms with Crippen molar-refractivity contribution in [2.75, 3.05) is 12.3 Å². The number of nitrogen functional groups attached to an aromatic ring is 1. The van der Waals surface area contributed by atoms with Gasteiger partial charge in [0.2, 0.25) is 0 Å². The summed E-state index contributed by atoms with van der Waals surface area (Å²) in [6.45, 7) is 5.75. The third-order valence-corrected chi connectivity index (χ3v) is 5.51. The highest BCUT2D eigenvalue weighted by Gasteiger charge is 2.33. The summed E-state index contributed by atoms with van der Waals surface area (Å²) < 4.78 is 5.11. The lowest BCUT2D eigenvalue weighted by atomic mass is 9.82. The summed E-state index contributed by atoms with van der Waals surface area (Å²) in [7, 11) is 0. The number of carbonyl (C=O) groups is 4. The molecule has 1 amide bonds. The summed E-state index contributed by atoms with van der Waals surface area (Å²) >= 11 is 0. The van der Waals surface area contributed by atoms with Crippen LogP contribution >= 0.6 is 0 Å². The van der Waals surface area contributed by atoms with Gasteiger partial charge in [-0.1, -0.05) is 51.0 Å². The zero-order valence-corrected chi connectivity index (χ0v) is 18.6. The number of nitrogens with two attached hydrogens (primary N) is 1. The maximum atomic E-state index is 12.9. The van der Waals surface area contributed by atoms with Gasteiger partial charge in [-0.25, -0.2) is 4.79 Å². The number of rotatable bonds is 8. The molecule has 3 N–H and O–H groups in total. The van der Waals surface area contributed by atoms with Crippen LogP contribution in [0.15, 0.2) is 36.4 Å². The van der Waals surface area contributed by atoms with Crippen LogP contribution in [-0.4, -0.2) is 36.1 Å². The SMILES string of the molecule is CC(C)CCCC(C)NC(=O)COC(=O)c1ccc2c(c1N)C(=O)c1ccccc1C2=O. The van der Waals surface area contributed by atoms with Crippen molar-refractivity contribution in [3.63, 3.8) is 0 Å². The number of carbonyl (C=O) groups excluding carboxylic acids is 4. The Bertz CT molecular complexity index is 1070. The van der Waals surface area contributed by atoms with Crippen LogP contribution < -0.4 is 11.1 Å². The number of esters is 1. The molecule has 0 radical (unpaired) electrons. The van der Waals surface area contributed by atoms with Crippen molar-refractivity contribution >= 4 is 29.1 Å². The molecule has 0 spiro atoms. The van der Waals surface area contributed by atoms with Crippen molar-refractivity contribution in [1.29, 1.82) is 0 Å². The summed E-state index contributed by atoms with van der Waals surface area (Å²) in [6.07, 6.45) is 2.92. The van der Waals surface area contributed by atoms with Crippen molar-refractivity contribution in [2.45, 2.75) is 46.1 Å². The molecule has 1 atom stereocenters. The molecule has 7 nitrogen and oxygen atoms in total. The number of nitrogens with one attached hydrogen (secondary N) is 1. The Morgan fingerprint density at radius 3 is 2.25 bits per heavy atom. The van der Waals surface area contributed by atoms with E-state index in [-0.39, 0.29) is 39.8 Å². The Labute approximate surface area is 187 Å². The molecule has 0 fully saturated rings. The molecule has 0 saturated carbocycles. The molecule has 0 bridgehead atoms. The average Bonchev–Trinajstić information content (AvgIpc) is 2.75. The van der Waals surface area contributed by atoms with Crippen LogP contribution in [0.25, 0.3) is 0 Å². The molecule has 168 valence electrons. The number of hydrogen-bond donors (Lipinski definition) is 2. The van der Waals surface area contributed by atoms with E-state index in [0.29, 0.717) is 11.5 Å². The maximum absolute atomic E-state index is 12.9. The van der Waals surface area contributed by atoms with E-state index in [9.17, 15) is 19.2 Å². The lowest BCUT2D eigenvalue weighted by Crippen LogP contribution is -2.36. The van der Waals surface area contributed by atoms with Gasteiger partial charge in [-0.05, 0) is 31.4 Å². The second kappa shape index (κ2) is 9.77. The van der Waals surface area contributed by atoms with Crippen LogP contribution in [-0.2, 0) is 9.53 Å². The summed E-state index contributed by atoms with van der Waals surface area (Å²) in [6, 6.07) is 9.19. The molecule has 32 heavy (non-hydrogen) atoms. The van der Waals surface area contributed by atoms with Crippen molar-refractivity contribution in [3.05, 3.63) is 64.2 Å².